The van der Waals surface area contributed by atoms with Crippen LogP contribution in [0.3, 0.4) is 0 Å². The highest BCUT2D eigenvalue weighted by molar-refractivity contribution is 6.30. The maximum Gasteiger partial charge on any atom is 0.226 e. The van der Waals surface area contributed by atoms with Crippen molar-refractivity contribution < 1.29 is 9.59 Å². The van der Waals surface area contributed by atoms with E-state index in [-0.39, 0.29) is 17.9 Å². The molecular formula is C17H20ClNO2. The zero-order chi connectivity index (χ0) is 14.8. The van der Waals surface area contributed by atoms with Gasteiger partial charge in [-0.1, -0.05) is 23.7 Å². The van der Waals surface area contributed by atoms with Crippen LogP contribution in [0.4, 0.5) is 0 Å². The van der Waals surface area contributed by atoms with E-state index in [1.54, 1.807) is 0 Å². The molecule has 1 aromatic carbocycles. The number of piperidine rings is 1. The number of benzene rings is 1. The van der Waals surface area contributed by atoms with E-state index < -0.39 is 0 Å². The summed E-state index contributed by atoms with van der Waals surface area (Å²) >= 11 is 5.95. The molecule has 0 bridgehead atoms. The highest BCUT2D eigenvalue weighted by atomic mass is 35.5. The summed E-state index contributed by atoms with van der Waals surface area (Å²) in [6.45, 7) is 0.835. The zero-order valence-corrected chi connectivity index (χ0v) is 12.8. The van der Waals surface area contributed by atoms with E-state index in [4.69, 9.17) is 11.6 Å². The van der Waals surface area contributed by atoms with Crippen molar-refractivity contribution in [2.45, 2.75) is 38.1 Å². The van der Waals surface area contributed by atoms with Crippen LogP contribution in [-0.4, -0.2) is 23.6 Å². The van der Waals surface area contributed by atoms with Crippen LogP contribution in [0.2, 0.25) is 5.02 Å². The third kappa shape index (κ3) is 3.29. The average Bonchev–Trinajstić information content (AvgIpc) is 3.29. The summed E-state index contributed by atoms with van der Waals surface area (Å²) in [5, 5.41) is 0.716. The van der Waals surface area contributed by atoms with Crippen molar-refractivity contribution in [3.8, 4) is 0 Å². The number of hydrogen-bond donors (Lipinski definition) is 0. The average molecular weight is 306 g/mol. The number of carbonyl (C=O) groups excluding carboxylic acids is 2. The maximum atomic E-state index is 12.7. The molecule has 0 aromatic heterocycles. The third-order valence-electron chi connectivity index (χ3n) is 4.58. The molecule has 4 heteroatoms. The largest absolute Gasteiger partial charge is 0.335 e. The Morgan fingerprint density at radius 3 is 2.48 bits per heavy atom. The molecule has 21 heavy (non-hydrogen) atoms. The molecule has 3 rings (SSSR count). The summed E-state index contributed by atoms with van der Waals surface area (Å²) in [5.74, 6) is 0.684. The van der Waals surface area contributed by atoms with Gasteiger partial charge in [-0.05, 0) is 49.3 Å². The fourth-order valence-corrected chi connectivity index (χ4v) is 3.31. The van der Waals surface area contributed by atoms with Crippen molar-refractivity contribution in [3.05, 3.63) is 34.9 Å². The maximum absolute atomic E-state index is 12.7. The van der Waals surface area contributed by atoms with Crippen LogP contribution in [0.1, 0.15) is 43.7 Å². The minimum atomic E-state index is -0.121. The second-order valence-electron chi connectivity index (χ2n) is 6.18. The van der Waals surface area contributed by atoms with Gasteiger partial charge in [-0.25, -0.2) is 0 Å². The number of halogens is 1. The van der Waals surface area contributed by atoms with Crippen LogP contribution in [0.25, 0.3) is 0 Å². The Bertz CT molecular complexity index is 524. The molecular weight excluding hydrogens is 286 g/mol. The monoisotopic (exact) mass is 305 g/mol. The lowest BCUT2D eigenvalue weighted by Crippen LogP contribution is -2.44. The first kappa shape index (κ1) is 14.6. The van der Waals surface area contributed by atoms with E-state index in [9.17, 15) is 9.59 Å². The molecule has 1 amide bonds. The molecule has 0 spiro atoms. The molecule has 1 aliphatic heterocycles. The second kappa shape index (κ2) is 6.18. The molecule has 0 radical (unpaired) electrons. The van der Waals surface area contributed by atoms with Crippen molar-refractivity contribution in [3.63, 3.8) is 0 Å². The van der Waals surface area contributed by atoms with Gasteiger partial charge in [0.2, 0.25) is 5.91 Å². The molecule has 2 aliphatic rings. The third-order valence-corrected chi connectivity index (χ3v) is 4.84. The Kier molecular flexibility index (Phi) is 4.29. The van der Waals surface area contributed by atoms with E-state index >= 15 is 0 Å². The number of carbonyl (C=O) groups is 2. The topological polar surface area (TPSA) is 37.4 Å². The van der Waals surface area contributed by atoms with Crippen molar-refractivity contribution in [2.75, 3.05) is 6.54 Å². The van der Waals surface area contributed by atoms with Gasteiger partial charge in [0.05, 0.1) is 6.04 Å². The van der Waals surface area contributed by atoms with Crippen molar-refractivity contribution in [1.82, 2.24) is 4.90 Å². The lowest BCUT2D eigenvalue weighted by molar-refractivity contribution is -0.143. The molecule has 2 unspecified atom stereocenters. The van der Waals surface area contributed by atoms with Gasteiger partial charge in [0, 0.05) is 23.9 Å². The zero-order valence-electron chi connectivity index (χ0n) is 12.0. The summed E-state index contributed by atoms with van der Waals surface area (Å²) in [6, 6.07) is 7.93. The molecule has 1 saturated heterocycles. The smallest absolute Gasteiger partial charge is 0.226 e. The SMILES string of the molecule is O=CCC1CCC(c2ccc(Cl)cc2)N(CC2CC2)C1=O. The number of amides is 1. The molecule has 3 nitrogen and oxygen atoms in total. The first-order chi connectivity index (χ1) is 10.2. The summed E-state index contributed by atoms with van der Waals surface area (Å²) in [7, 11) is 0. The molecule has 2 atom stereocenters. The number of hydrogen-bond acceptors (Lipinski definition) is 2. The van der Waals surface area contributed by atoms with Gasteiger partial charge < -0.3 is 9.69 Å². The molecule has 2 fully saturated rings. The highest BCUT2D eigenvalue weighted by Crippen LogP contribution is 2.39. The van der Waals surface area contributed by atoms with E-state index in [1.807, 2.05) is 29.2 Å². The van der Waals surface area contributed by atoms with Gasteiger partial charge in [0.1, 0.15) is 6.29 Å². The summed E-state index contributed by atoms with van der Waals surface area (Å²) in [5.41, 5.74) is 1.15. The number of likely N-dealkylation sites (tertiary alicyclic amines) is 1. The van der Waals surface area contributed by atoms with Gasteiger partial charge >= 0.3 is 0 Å². The van der Waals surface area contributed by atoms with Gasteiger partial charge in [0.25, 0.3) is 0 Å². The molecule has 112 valence electrons. The number of aldehydes is 1. The van der Waals surface area contributed by atoms with Gasteiger partial charge in [-0.15, -0.1) is 0 Å². The summed E-state index contributed by atoms with van der Waals surface area (Å²) < 4.78 is 0. The standard InChI is InChI=1S/C17H20ClNO2/c18-15-6-3-13(4-7-15)16-8-5-14(9-10-20)17(21)19(16)11-12-1-2-12/h3-4,6-7,10,12,14,16H,1-2,5,8-9,11H2. The van der Waals surface area contributed by atoms with Crippen LogP contribution in [0.5, 0.6) is 0 Å². The van der Waals surface area contributed by atoms with Gasteiger partial charge in [0.15, 0.2) is 0 Å². The Labute approximate surface area is 130 Å². The normalized spacial score (nSPS) is 26.0. The van der Waals surface area contributed by atoms with Crippen molar-refractivity contribution >= 4 is 23.8 Å². The highest BCUT2D eigenvalue weighted by Gasteiger charge is 2.38. The predicted molar refractivity (Wildman–Crippen MR) is 82.0 cm³/mol. The van der Waals surface area contributed by atoms with Crippen LogP contribution in [-0.2, 0) is 9.59 Å². The quantitative estimate of drug-likeness (QED) is 0.779. The Morgan fingerprint density at radius 1 is 1.14 bits per heavy atom. The number of nitrogens with zero attached hydrogens (tertiary/aromatic N) is 1. The first-order valence-corrected chi connectivity index (χ1v) is 8.06. The Balaban J connectivity index is 1.82. The van der Waals surface area contributed by atoms with E-state index in [1.165, 1.54) is 12.8 Å². The lowest BCUT2D eigenvalue weighted by atomic mass is 9.86. The summed E-state index contributed by atoms with van der Waals surface area (Å²) in [6.07, 6.45) is 5.39. The minimum absolute atomic E-state index is 0.121. The van der Waals surface area contributed by atoms with Crippen LogP contribution in [0.15, 0.2) is 24.3 Å². The van der Waals surface area contributed by atoms with E-state index in [0.29, 0.717) is 17.4 Å². The fraction of sp³-hybridized carbons (Fsp3) is 0.529. The first-order valence-electron chi connectivity index (χ1n) is 7.68. The Hall–Kier alpha value is -1.35. The van der Waals surface area contributed by atoms with Crippen molar-refractivity contribution in [1.29, 1.82) is 0 Å². The van der Waals surface area contributed by atoms with Gasteiger partial charge in [-0.2, -0.15) is 0 Å². The lowest BCUT2D eigenvalue weighted by Gasteiger charge is -2.39. The number of rotatable bonds is 5. The summed E-state index contributed by atoms with van der Waals surface area (Å²) in [4.78, 5) is 25.4. The minimum Gasteiger partial charge on any atom is -0.335 e. The molecule has 1 aromatic rings. The van der Waals surface area contributed by atoms with Crippen LogP contribution in [0, 0.1) is 11.8 Å². The van der Waals surface area contributed by atoms with Crippen molar-refractivity contribution in [2.24, 2.45) is 11.8 Å². The van der Waals surface area contributed by atoms with E-state index in [2.05, 4.69) is 0 Å². The molecule has 1 saturated carbocycles. The van der Waals surface area contributed by atoms with E-state index in [0.717, 1.165) is 31.2 Å². The van der Waals surface area contributed by atoms with Crippen LogP contribution < -0.4 is 0 Å². The molecule has 1 heterocycles. The second-order valence-corrected chi connectivity index (χ2v) is 6.61. The molecule has 1 aliphatic carbocycles. The van der Waals surface area contributed by atoms with Crippen LogP contribution >= 0.6 is 11.6 Å². The molecule has 0 N–H and O–H groups in total. The fourth-order valence-electron chi connectivity index (χ4n) is 3.19. The Morgan fingerprint density at radius 2 is 1.86 bits per heavy atom. The predicted octanol–water partition coefficient (Wildman–Crippen LogP) is 3.62. The van der Waals surface area contributed by atoms with Gasteiger partial charge in [-0.3, -0.25) is 4.79 Å².